The second-order valence-electron chi connectivity index (χ2n) is 8.02. The summed E-state index contributed by atoms with van der Waals surface area (Å²) in [4.78, 5) is 21.1. The van der Waals surface area contributed by atoms with Gasteiger partial charge in [0.25, 0.3) is 0 Å². The number of rotatable bonds is 5. The molecule has 0 radical (unpaired) electrons. The van der Waals surface area contributed by atoms with Gasteiger partial charge < -0.3 is 15.0 Å². The van der Waals surface area contributed by atoms with Crippen LogP contribution < -0.4 is 10.1 Å². The zero-order valence-electron chi connectivity index (χ0n) is 16.7. The Morgan fingerprint density at radius 2 is 2.00 bits per heavy atom. The number of aryl methyl sites for hydroxylation is 1. The van der Waals surface area contributed by atoms with Crippen molar-refractivity contribution in [2.75, 3.05) is 27.2 Å². The van der Waals surface area contributed by atoms with Gasteiger partial charge in [-0.3, -0.25) is 4.79 Å². The van der Waals surface area contributed by atoms with E-state index in [4.69, 9.17) is 9.72 Å². The highest BCUT2D eigenvalue weighted by molar-refractivity contribution is 7.15. The van der Waals surface area contributed by atoms with Crippen LogP contribution in [0.3, 0.4) is 0 Å². The first-order valence-corrected chi connectivity index (χ1v) is 11.1. The molecule has 1 atom stereocenters. The number of nitrogens with zero attached hydrogens (tertiary/aromatic N) is 2. The van der Waals surface area contributed by atoms with Crippen molar-refractivity contribution in [3.8, 4) is 16.3 Å². The van der Waals surface area contributed by atoms with Gasteiger partial charge >= 0.3 is 0 Å². The molecule has 0 unspecified atom stereocenters. The molecule has 150 valence electrons. The predicted octanol–water partition coefficient (Wildman–Crippen LogP) is 4.04. The number of fused-ring (bicyclic) bond motifs is 1. The molecular formula is C22H29N3O2S. The Kier molecular flexibility index (Phi) is 5.97. The molecule has 6 heteroatoms. The first-order chi connectivity index (χ1) is 13.6. The van der Waals surface area contributed by atoms with Crippen LogP contribution in [0.25, 0.3) is 10.6 Å². The van der Waals surface area contributed by atoms with Crippen molar-refractivity contribution in [1.82, 2.24) is 15.2 Å². The van der Waals surface area contributed by atoms with Gasteiger partial charge in [-0.05, 0) is 82.4 Å². The Morgan fingerprint density at radius 1 is 1.25 bits per heavy atom. The van der Waals surface area contributed by atoms with Crippen molar-refractivity contribution >= 4 is 17.2 Å². The zero-order valence-corrected chi connectivity index (χ0v) is 17.6. The minimum Gasteiger partial charge on any atom is -0.497 e. The summed E-state index contributed by atoms with van der Waals surface area (Å²) in [7, 11) is 3.83. The Hall–Kier alpha value is -1.92. The van der Waals surface area contributed by atoms with Gasteiger partial charge in [0, 0.05) is 12.0 Å². The minimum atomic E-state index is 0.118. The lowest BCUT2D eigenvalue weighted by atomic mass is 9.92. The van der Waals surface area contributed by atoms with Crippen LogP contribution in [0.5, 0.6) is 5.75 Å². The summed E-state index contributed by atoms with van der Waals surface area (Å²) in [5.74, 6) is 1.58. The molecule has 0 bridgehead atoms. The summed E-state index contributed by atoms with van der Waals surface area (Å²) in [6.07, 6.45) is 6.01. The third-order valence-electron chi connectivity index (χ3n) is 5.93. The molecule has 2 aromatic rings. The number of carbonyl (C=O) groups excluding carboxylic acids is 1. The van der Waals surface area contributed by atoms with Crippen molar-refractivity contribution in [2.24, 2.45) is 5.92 Å². The fourth-order valence-corrected chi connectivity index (χ4v) is 5.40. The normalized spacial score (nSPS) is 20.6. The Morgan fingerprint density at radius 3 is 2.71 bits per heavy atom. The molecule has 0 saturated carbocycles. The van der Waals surface area contributed by atoms with Gasteiger partial charge in [0.2, 0.25) is 5.91 Å². The van der Waals surface area contributed by atoms with Crippen molar-refractivity contribution in [2.45, 2.75) is 44.6 Å². The number of thiazole rings is 1. The van der Waals surface area contributed by atoms with Crippen LogP contribution in [0, 0.1) is 5.92 Å². The maximum atomic E-state index is 12.7. The number of benzene rings is 1. The highest BCUT2D eigenvalue weighted by Crippen LogP contribution is 2.38. The number of hydrogen-bond acceptors (Lipinski definition) is 5. The average molecular weight is 400 g/mol. The second kappa shape index (κ2) is 8.62. The number of likely N-dealkylation sites (tertiary alicyclic amines) is 1. The summed E-state index contributed by atoms with van der Waals surface area (Å²) in [6, 6.07) is 8.16. The molecule has 1 aliphatic heterocycles. The van der Waals surface area contributed by atoms with E-state index in [0.717, 1.165) is 67.2 Å². The number of piperidine rings is 1. The molecule has 2 heterocycles. The largest absolute Gasteiger partial charge is 0.497 e. The highest BCUT2D eigenvalue weighted by atomic mass is 32.1. The lowest BCUT2D eigenvalue weighted by Gasteiger charge is -2.29. The highest BCUT2D eigenvalue weighted by Gasteiger charge is 2.27. The molecule has 0 spiro atoms. The maximum Gasteiger partial charge on any atom is 0.220 e. The summed E-state index contributed by atoms with van der Waals surface area (Å²) < 4.78 is 5.25. The van der Waals surface area contributed by atoms with Crippen molar-refractivity contribution in [1.29, 1.82) is 0 Å². The molecule has 1 aromatic carbocycles. The molecule has 1 N–H and O–H groups in total. The van der Waals surface area contributed by atoms with Gasteiger partial charge in [-0.1, -0.05) is 0 Å². The molecule has 28 heavy (non-hydrogen) atoms. The Balaban J connectivity index is 1.43. The van der Waals surface area contributed by atoms with Crippen LogP contribution in [0.15, 0.2) is 24.3 Å². The average Bonchev–Trinajstić information content (AvgIpc) is 3.15. The van der Waals surface area contributed by atoms with Crippen molar-refractivity contribution in [3.63, 3.8) is 0 Å². The molecule has 1 fully saturated rings. The predicted molar refractivity (Wildman–Crippen MR) is 113 cm³/mol. The van der Waals surface area contributed by atoms with E-state index >= 15 is 0 Å². The molecule has 5 nitrogen and oxygen atoms in total. The van der Waals surface area contributed by atoms with E-state index in [1.54, 1.807) is 18.4 Å². The molecule has 1 saturated heterocycles. The lowest BCUT2D eigenvalue weighted by molar-refractivity contribution is -0.123. The van der Waals surface area contributed by atoms with E-state index in [1.807, 2.05) is 12.1 Å². The van der Waals surface area contributed by atoms with Gasteiger partial charge in [0.15, 0.2) is 0 Å². The smallest absolute Gasteiger partial charge is 0.220 e. The monoisotopic (exact) mass is 399 g/mol. The Labute approximate surface area is 171 Å². The number of methoxy groups -OCH3 is 1. The third-order valence-corrected chi connectivity index (χ3v) is 7.20. The molecule has 1 aliphatic carbocycles. The van der Waals surface area contributed by atoms with E-state index < -0.39 is 0 Å². The van der Waals surface area contributed by atoms with Crippen LogP contribution in [0.4, 0.5) is 0 Å². The number of amides is 1. The first kappa shape index (κ1) is 19.4. The SMILES string of the molecule is COc1ccc(-c2nc3c(s2)[C@@H](NC(=O)CC2CCN(C)CC2)CCC3)cc1. The summed E-state index contributed by atoms with van der Waals surface area (Å²) in [5, 5.41) is 4.35. The van der Waals surface area contributed by atoms with E-state index in [0.29, 0.717) is 12.3 Å². The van der Waals surface area contributed by atoms with Crippen LogP contribution in [0.2, 0.25) is 0 Å². The van der Waals surface area contributed by atoms with Crippen LogP contribution in [-0.4, -0.2) is 43.0 Å². The number of carbonyl (C=O) groups is 1. The number of aromatic nitrogens is 1. The molecule has 1 aromatic heterocycles. The number of hydrogen-bond donors (Lipinski definition) is 1. The number of ether oxygens (including phenoxy) is 1. The lowest BCUT2D eigenvalue weighted by Crippen LogP contribution is -2.35. The van der Waals surface area contributed by atoms with Gasteiger partial charge in [-0.25, -0.2) is 4.98 Å². The fraction of sp³-hybridized carbons (Fsp3) is 0.545. The second-order valence-corrected chi connectivity index (χ2v) is 9.05. The van der Waals surface area contributed by atoms with Crippen LogP contribution >= 0.6 is 11.3 Å². The fourth-order valence-electron chi connectivity index (χ4n) is 4.20. The van der Waals surface area contributed by atoms with Crippen LogP contribution in [0.1, 0.15) is 48.7 Å². The topological polar surface area (TPSA) is 54.5 Å². The molecule has 1 amide bonds. The standard InChI is InChI=1S/C22H29N3O2S/c1-25-12-10-15(11-13-25)14-20(26)23-18-4-3-5-19-21(18)28-22(24-19)16-6-8-17(27-2)9-7-16/h6-9,15,18H,3-5,10-14H2,1-2H3,(H,23,26)/t18-/m0/s1. The van der Waals surface area contributed by atoms with Gasteiger partial charge in [0.1, 0.15) is 10.8 Å². The van der Waals surface area contributed by atoms with Gasteiger partial charge in [-0.2, -0.15) is 0 Å². The van der Waals surface area contributed by atoms with Gasteiger partial charge in [0.05, 0.1) is 23.7 Å². The van der Waals surface area contributed by atoms with Crippen LogP contribution in [-0.2, 0) is 11.2 Å². The van der Waals surface area contributed by atoms with E-state index in [2.05, 4.69) is 29.4 Å². The number of nitrogens with one attached hydrogen (secondary N) is 1. The molecule has 2 aliphatic rings. The summed E-state index contributed by atoms with van der Waals surface area (Å²) in [6.45, 7) is 2.21. The minimum absolute atomic E-state index is 0.118. The van der Waals surface area contributed by atoms with Gasteiger partial charge in [-0.15, -0.1) is 11.3 Å². The zero-order chi connectivity index (χ0) is 19.5. The first-order valence-electron chi connectivity index (χ1n) is 10.2. The maximum absolute atomic E-state index is 12.7. The Bertz CT molecular complexity index is 810. The van der Waals surface area contributed by atoms with Crippen molar-refractivity contribution in [3.05, 3.63) is 34.8 Å². The quantitative estimate of drug-likeness (QED) is 0.824. The third kappa shape index (κ3) is 4.39. The van der Waals surface area contributed by atoms with E-state index in [-0.39, 0.29) is 11.9 Å². The van der Waals surface area contributed by atoms with E-state index in [9.17, 15) is 4.79 Å². The van der Waals surface area contributed by atoms with E-state index in [1.165, 1.54) is 4.88 Å². The summed E-state index contributed by atoms with van der Waals surface area (Å²) in [5.41, 5.74) is 2.27. The molecular weight excluding hydrogens is 370 g/mol. The molecule has 4 rings (SSSR count). The summed E-state index contributed by atoms with van der Waals surface area (Å²) >= 11 is 1.73. The van der Waals surface area contributed by atoms with Crippen molar-refractivity contribution < 1.29 is 9.53 Å².